The number of anilines is 2. The van der Waals surface area contributed by atoms with E-state index in [2.05, 4.69) is 20.9 Å². The van der Waals surface area contributed by atoms with Gasteiger partial charge >= 0.3 is 6.03 Å². The second-order valence-electron chi connectivity index (χ2n) is 6.68. The summed E-state index contributed by atoms with van der Waals surface area (Å²) in [6.07, 6.45) is 3.56. The van der Waals surface area contributed by atoms with Crippen molar-refractivity contribution in [3.05, 3.63) is 42.0 Å². The second kappa shape index (κ2) is 9.18. The second-order valence-corrected chi connectivity index (χ2v) is 6.68. The fourth-order valence-corrected chi connectivity index (χ4v) is 2.73. The number of carbonyl (C=O) groups is 2. The number of hydrogen-bond donors (Lipinski definition) is 3. The largest absolute Gasteiger partial charge is 0.375 e. The number of urea groups is 1. The van der Waals surface area contributed by atoms with Gasteiger partial charge in [-0.2, -0.15) is 0 Å². The Balaban J connectivity index is 2.11. The fourth-order valence-electron chi connectivity index (χ4n) is 2.73. The first-order chi connectivity index (χ1) is 12.8. The van der Waals surface area contributed by atoms with E-state index in [1.165, 1.54) is 7.11 Å². The Morgan fingerprint density at radius 1 is 1.22 bits per heavy atom. The number of aryl methyl sites for hydroxylation is 1. The molecular formula is C19H27N5O3. The number of nitrogens with one attached hydrogen (secondary N) is 3. The van der Waals surface area contributed by atoms with E-state index < -0.39 is 0 Å². The average molecular weight is 373 g/mol. The highest BCUT2D eigenvalue weighted by Gasteiger charge is 2.22. The van der Waals surface area contributed by atoms with E-state index in [0.29, 0.717) is 11.4 Å². The van der Waals surface area contributed by atoms with Gasteiger partial charge in [-0.15, -0.1) is 0 Å². The van der Waals surface area contributed by atoms with E-state index in [4.69, 9.17) is 4.74 Å². The maximum atomic E-state index is 12.6. The first kappa shape index (κ1) is 20.4. The number of methoxy groups -OCH3 is 1. The molecule has 0 aliphatic rings. The highest BCUT2D eigenvalue weighted by atomic mass is 16.5. The Morgan fingerprint density at radius 2 is 1.89 bits per heavy atom. The fraction of sp³-hybridized carbons (Fsp3) is 0.421. The lowest BCUT2D eigenvalue weighted by Crippen LogP contribution is -2.36. The normalized spacial score (nSPS) is 11.9. The molecule has 1 aromatic carbocycles. The lowest BCUT2D eigenvalue weighted by molar-refractivity contribution is -0.119. The van der Waals surface area contributed by atoms with Crippen LogP contribution in [-0.4, -0.2) is 35.2 Å². The predicted molar refractivity (Wildman–Crippen MR) is 105 cm³/mol. The van der Waals surface area contributed by atoms with Gasteiger partial charge in [0.05, 0.1) is 6.04 Å². The summed E-state index contributed by atoms with van der Waals surface area (Å²) in [5.74, 6) is 0.701. The number of rotatable bonds is 7. The zero-order valence-electron chi connectivity index (χ0n) is 16.4. The Hall–Kier alpha value is -2.87. The summed E-state index contributed by atoms with van der Waals surface area (Å²) < 4.78 is 6.71. The Morgan fingerprint density at radius 3 is 2.44 bits per heavy atom. The zero-order valence-corrected chi connectivity index (χ0v) is 16.4. The van der Waals surface area contributed by atoms with Crippen molar-refractivity contribution in [3.63, 3.8) is 0 Å². The van der Waals surface area contributed by atoms with Gasteiger partial charge in [0.1, 0.15) is 12.4 Å². The van der Waals surface area contributed by atoms with E-state index in [9.17, 15) is 9.59 Å². The average Bonchev–Trinajstić information content (AvgIpc) is 3.02. The van der Waals surface area contributed by atoms with E-state index in [-0.39, 0.29) is 30.5 Å². The van der Waals surface area contributed by atoms with E-state index in [0.717, 1.165) is 11.4 Å². The van der Waals surface area contributed by atoms with Crippen molar-refractivity contribution in [2.24, 2.45) is 13.0 Å². The monoisotopic (exact) mass is 373 g/mol. The third-order valence-electron chi connectivity index (χ3n) is 4.22. The molecule has 0 saturated heterocycles. The molecule has 3 N–H and O–H groups in total. The minimum Gasteiger partial charge on any atom is -0.375 e. The molecule has 0 aliphatic carbocycles. The first-order valence-electron chi connectivity index (χ1n) is 8.76. The molecule has 2 rings (SSSR count). The van der Waals surface area contributed by atoms with Gasteiger partial charge in [0, 0.05) is 37.9 Å². The summed E-state index contributed by atoms with van der Waals surface area (Å²) >= 11 is 0. The van der Waals surface area contributed by atoms with Crippen LogP contribution in [0.2, 0.25) is 0 Å². The molecule has 8 heteroatoms. The van der Waals surface area contributed by atoms with Crippen molar-refractivity contribution >= 4 is 23.3 Å². The number of carbonyl (C=O) groups excluding carboxylic acids is 2. The molecule has 0 fully saturated rings. The van der Waals surface area contributed by atoms with Crippen LogP contribution in [0, 0.1) is 12.8 Å². The molecule has 1 atom stereocenters. The summed E-state index contributed by atoms with van der Waals surface area (Å²) in [5, 5.41) is 8.59. The van der Waals surface area contributed by atoms with Gasteiger partial charge in [-0.1, -0.05) is 19.9 Å². The van der Waals surface area contributed by atoms with Gasteiger partial charge in [0.15, 0.2) is 0 Å². The van der Waals surface area contributed by atoms with Crippen LogP contribution in [0.3, 0.4) is 0 Å². The number of benzene rings is 1. The lowest BCUT2D eigenvalue weighted by atomic mass is 10.0. The summed E-state index contributed by atoms with van der Waals surface area (Å²) in [6.45, 7) is 5.85. The minimum atomic E-state index is -0.333. The highest BCUT2D eigenvalue weighted by Crippen LogP contribution is 2.24. The van der Waals surface area contributed by atoms with Crippen LogP contribution in [0.5, 0.6) is 0 Å². The van der Waals surface area contributed by atoms with Gasteiger partial charge in [0.25, 0.3) is 0 Å². The molecule has 8 nitrogen and oxygen atoms in total. The lowest BCUT2D eigenvalue weighted by Gasteiger charge is -2.23. The van der Waals surface area contributed by atoms with Crippen molar-refractivity contribution < 1.29 is 14.3 Å². The number of aromatic nitrogens is 2. The molecule has 3 amide bonds. The van der Waals surface area contributed by atoms with Crippen molar-refractivity contribution in [1.29, 1.82) is 0 Å². The van der Waals surface area contributed by atoms with Crippen LogP contribution in [0.25, 0.3) is 0 Å². The van der Waals surface area contributed by atoms with Crippen molar-refractivity contribution in [1.82, 2.24) is 14.9 Å². The van der Waals surface area contributed by atoms with E-state index >= 15 is 0 Å². The zero-order chi connectivity index (χ0) is 20.0. The summed E-state index contributed by atoms with van der Waals surface area (Å²) in [5.41, 5.74) is 2.00. The van der Waals surface area contributed by atoms with Crippen molar-refractivity contribution in [2.75, 3.05) is 24.4 Å². The van der Waals surface area contributed by atoms with Crippen LogP contribution in [0.15, 0.2) is 30.6 Å². The maximum Gasteiger partial charge on any atom is 0.319 e. The molecule has 1 unspecified atom stereocenters. The van der Waals surface area contributed by atoms with Crippen LogP contribution < -0.4 is 16.0 Å². The molecule has 0 aliphatic heterocycles. The van der Waals surface area contributed by atoms with Crippen molar-refractivity contribution in [3.8, 4) is 0 Å². The smallest absolute Gasteiger partial charge is 0.319 e. The molecule has 2 aromatic rings. The molecule has 146 valence electrons. The summed E-state index contributed by atoms with van der Waals surface area (Å²) in [7, 11) is 3.36. The third kappa shape index (κ3) is 5.30. The molecule has 0 saturated carbocycles. The Kier molecular flexibility index (Phi) is 6.95. The van der Waals surface area contributed by atoms with Crippen LogP contribution in [0.4, 0.5) is 16.2 Å². The molecule has 0 radical (unpaired) electrons. The van der Waals surface area contributed by atoms with Crippen LogP contribution in [0.1, 0.15) is 31.3 Å². The van der Waals surface area contributed by atoms with E-state index in [1.807, 2.05) is 38.6 Å². The Bertz CT molecular complexity index is 800. The summed E-state index contributed by atoms with van der Waals surface area (Å²) in [4.78, 5) is 28.6. The maximum absolute atomic E-state index is 12.6. The third-order valence-corrected chi connectivity index (χ3v) is 4.22. The quantitative estimate of drug-likeness (QED) is 0.695. The van der Waals surface area contributed by atoms with E-state index in [1.54, 1.807) is 24.4 Å². The minimum absolute atomic E-state index is 0.0304. The van der Waals surface area contributed by atoms with Gasteiger partial charge in [0.2, 0.25) is 5.91 Å². The van der Waals surface area contributed by atoms with Gasteiger partial charge in [-0.3, -0.25) is 4.79 Å². The molecule has 1 heterocycles. The number of nitrogens with zero attached hydrogens (tertiary/aromatic N) is 2. The molecule has 27 heavy (non-hydrogen) atoms. The van der Waals surface area contributed by atoms with Gasteiger partial charge < -0.3 is 25.3 Å². The summed E-state index contributed by atoms with van der Waals surface area (Å²) in [6, 6.07) is 4.77. The highest BCUT2D eigenvalue weighted by molar-refractivity contribution is 5.95. The molecule has 0 bridgehead atoms. The van der Waals surface area contributed by atoms with Crippen LogP contribution in [-0.2, 0) is 16.6 Å². The predicted octanol–water partition coefficient (Wildman–Crippen LogP) is 2.83. The van der Waals surface area contributed by atoms with Crippen LogP contribution >= 0.6 is 0 Å². The molecule has 1 aromatic heterocycles. The molecular weight excluding hydrogens is 346 g/mol. The number of ether oxygens (including phenoxy) is 1. The first-order valence-corrected chi connectivity index (χ1v) is 8.76. The molecule has 0 spiro atoms. The SMILES string of the molecule is COCC(=O)Nc1cccc(NC(=O)NC(c2nccn2C)C(C)C)c1C. The topological polar surface area (TPSA) is 97.3 Å². The Labute approximate surface area is 159 Å². The number of imidazole rings is 1. The number of amides is 3. The van der Waals surface area contributed by atoms with Gasteiger partial charge in [-0.25, -0.2) is 9.78 Å². The standard InChI is InChI=1S/C19H27N5O3/c1-12(2)17(18-20-9-10-24(18)4)23-19(26)22-15-8-6-7-14(13(15)3)21-16(25)11-27-5/h6-10,12,17H,11H2,1-5H3,(H,21,25)(H2,22,23,26). The van der Waals surface area contributed by atoms with Gasteiger partial charge in [-0.05, 0) is 30.5 Å². The van der Waals surface area contributed by atoms with Crippen molar-refractivity contribution in [2.45, 2.75) is 26.8 Å². The number of hydrogen-bond acceptors (Lipinski definition) is 4.